The molecule has 1 unspecified atom stereocenters. The Bertz CT molecular complexity index is 712. The van der Waals surface area contributed by atoms with Crippen molar-refractivity contribution in [1.29, 1.82) is 0 Å². The van der Waals surface area contributed by atoms with Crippen molar-refractivity contribution in [1.82, 2.24) is 10.6 Å². The van der Waals surface area contributed by atoms with Gasteiger partial charge >= 0.3 is 0 Å². The molecule has 0 radical (unpaired) electrons. The van der Waals surface area contributed by atoms with Crippen molar-refractivity contribution in [3.05, 3.63) is 65.7 Å². The lowest BCUT2D eigenvalue weighted by atomic mass is 10.0. The number of carbonyl (C=O) groups is 2. The Morgan fingerprint density at radius 2 is 1.58 bits per heavy atom. The number of amides is 2. The van der Waals surface area contributed by atoms with Crippen molar-refractivity contribution in [2.75, 3.05) is 11.9 Å². The molecule has 0 bridgehead atoms. The molecular weight excluding hydrogens is 326 g/mol. The van der Waals surface area contributed by atoms with E-state index < -0.39 is 0 Å². The predicted molar refractivity (Wildman–Crippen MR) is 105 cm³/mol. The van der Waals surface area contributed by atoms with E-state index in [1.807, 2.05) is 42.5 Å². The van der Waals surface area contributed by atoms with Gasteiger partial charge in [0.2, 0.25) is 5.91 Å². The van der Waals surface area contributed by atoms with E-state index in [-0.39, 0.29) is 17.9 Å². The minimum Gasteiger partial charge on any atom is -0.380 e. The van der Waals surface area contributed by atoms with E-state index in [0.717, 1.165) is 11.3 Å². The SMILES string of the molecule is CC(=O)NCc1ccc(C(=O)NCC(Nc2ccccc2)C(C)C)cc1. The molecule has 5 nitrogen and oxygen atoms in total. The standard InChI is InChI=1S/C21H27N3O2/c1-15(2)20(24-19-7-5-4-6-8-19)14-23-21(26)18-11-9-17(10-12-18)13-22-16(3)25/h4-12,15,20,24H,13-14H2,1-3H3,(H,22,25)(H,23,26). The maximum atomic E-state index is 12.4. The lowest BCUT2D eigenvalue weighted by Crippen LogP contribution is -2.39. The Labute approximate surface area is 155 Å². The fraction of sp³-hybridized carbons (Fsp3) is 0.333. The van der Waals surface area contributed by atoms with Crippen LogP contribution in [0.2, 0.25) is 0 Å². The molecule has 0 saturated heterocycles. The van der Waals surface area contributed by atoms with Gasteiger partial charge in [0.05, 0.1) is 0 Å². The summed E-state index contributed by atoms with van der Waals surface area (Å²) >= 11 is 0. The average Bonchev–Trinajstić information content (AvgIpc) is 2.64. The lowest BCUT2D eigenvalue weighted by molar-refractivity contribution is -0.119. The summed E-state index contributed by atoms with van der Waals surface area (Å²) < 4.78 is 0. The van der Waals surface area contributed by atoms with Crippen molar-refractivity contribution >= 4 is 17.5 Å². The third-order valence-corrected chi connectivity index (χ3v) is 4.17. The Hall–Kier alpha value is -2.82. The number of rotatable bonds is 8. The first kappa shape index (κ1) is 19.5. The molecule has 0 spiro atoms. The minimum absolute atomic E-state index is 0.0718. The highest BCUT2D eigenvalue weighted by molar-refractivity contribution is 5.94. The molecule has 0 fully saturated rings. The van der Waals surface area contributed by atoms with E-state index in [1.54, 1.807) is 12.1 Å². The highest BCUT2D eigenvalue weighted by Crippen LogP contribution is 2.12. The van der Waals surface area contributed by atoms with Crippen LogP contribution in [0.5, 0.6) is 0 Å². The third-order valence-electron chi connectivity index (χ3n) is 4.17. The van der Waals surface area contributed by atoms with Gasteiger partial charge in [-0.1, -0.05) is 44.2 Å². The van der Waals surface area contributed by atoms with E-state index >= 15 is 0 Å². The van der Waals surface area contributed by atoms with Crippen molar-refractivity contribution in [2.45, 2.75) is 33.4 Å². The van der Waals surface area contributed by atoms with Crippen molar-refractivity contribution < 1.29 is 9.59 Å². The molecule has 0 aliphatic carbocycles. The molecule has 0 aliphatic heterocycles. The van der Waals surface area contributed by atoms with Crippen LogP contribution in [0.15, 0.2) is 54.6 Å². The second kappa shape index (κ2) is 9.61. The molecule has 26 heavy (non-hydrogen) atoms. The molecule has 2 aromatic rings. The van der Waals surface area contributed by atoms with Crippen LogP contribution in [0.25, 0.3) is 0 Å². The first-order chi connectivity index (χ1) is 12.5. The van der Waals surface area contributed by atoms with E-state index in [4.69, 9.17) is 0 Å². The third kappa shape index (κ3) is 6.24. The number of para-hydroxylation sites is 1. The summed E-state index contributed by atoms with van der Waals surface area (Å²) in [6.45, 7) is 6.75. The summed E-state index contributed by atoms with van der Waals surface area (Å²) in [5.41, 5.74) is 2.61. The largest absolute Gasteiger partial charge is 0.380 e. The molecule has 3 N–H and O–H groups in total. The Balaban J connectivity index is 1.90. The van der Waals surface area contributed by atoms with Gasteiger partial charge in [0.25, 0.3) is 5.91 Å². The molecule has 2 aromatic carbocycles. The van der Waals surface area contributed by atoms with Gasteiger partial charge in [-0.3, -0.25) is 9.59 Å². The van der Waals surface area contributed by atoms with E-state index in [9.17, 15) is 9.59 Å². The van der Waals surface area contributed by atoms with Crippen LogP contribution in [0, 0.1) is 5.92 Å². The maximum Gasteiger partial charge on any atom is 0.251 e. The zero-order chi connectivity index (χ0) is 18.9. The summed E-state index contributed by atoms with van der Waals surface area (Å²) in [5.74, 6) is 0.199. The van der Waals surface area contributed by atoms with Crippen LogP contribution in [-0.2, 0) is 11.3 Å². The number of anilines is 1. The van der Waals surface area contributed by atoms with Crippen molar-refractivity contribution in [3.63, 3.8) is 0 Å². The second-order valence-electron chi connectivity index (χ2n) is 6.68. The van der Waals surface area contributed by atoms with Crippen LogP contribution < -0.4 is 16.0 Å². The van der Waals surface area contributed by atoms with Gasteiger partial charge in [0.15, 0.2) is 0 Å². The molecule has 0 aliphatic rings. The van der Waals surface area contributed by atoms with Crippen molar-refractivity contribution in [3.8, 4) is 0 Å². The van der Waals surface area contributed by atoms with Crippen LogP contribution in [-0.4, -0.2) is 24.4 Å². The predicted octanol–water partition coefficient (Wildman–Crippen LogP) is 3.19. The molecule has 0 heterocycles. The maximum absolute atomic E-state index is 12.4. The van der Waals surface area contributed by atoms with Gasteiger partial charge < -0.3 is 16.0 Å². The molecule has 5 heteroatoms. The van der Waals surface area contributed by atoms with E-state index in [2.05, 4.69) is 29.8 Å². The van der Waals surface area contributed by atoms with Crippen LogP contribution in [0.1, 0.15) is 36.7 Å². The summed E-state index contributed by atoms with van der Waals surface area (Å²) in [7, 11) is 0. The zero-order valence-corrected chi connectivity index (χ0v) is 15.6. The molecule has 1 atom stereocenters. The number of benzene rings is 2. The number of hydrogen-bond acceptors (Lipinski definition) is 3. The number of carbonyl (C=O) groups excluding carboxylic acids is 2. The first-order valence-electron chi connectivity index (χ1n) is 8.89. The molecule has 2 amide bonds. The highest BCUT2D eigenvalue weighted by Gasteiger charge is 2.15. The average molecular weight is 353 g/mol. The Morgan fingerprint density at radius 1 is 0.923 bits per heavy atom. The normalized spacial score (nSPS) is 11.7. The molecule has 138 valence electrons. The minimum atomic E-state index is -0.100. The summed E-state index contributed by atoms with van der Waals surface area (Å²) in [4.78, 5) is 23.3. The van der Waals surface area contributed by atoms with Crippen molar-refractivity contribution in [2.24, 2.45) is 5.92 Å². The van der Waals surface area contributed by atoms with Gasteiger partial charge in [-0.05, 0) is 35.7 Å². The first-order valence-corrected chi connectivity index (χ1v) is 8.89. The van der Waals surface area contributed by atoms with E-state index in [0.29, 0.717) is 24.6 Å². The topological polar surface area (TPSA) is 70.2 Å². The van der Waals surface area contributed by atoms with Gasteiger partial charge in [-0.2, -0.15) is 0 Å². The second-order valence-corrected chi connectivity index (χ2v) is 6.68. The highest BCUT2D eigenvalue weighted by atomic mass is 16.2. The Morgan fingerprint density at radius 3 is 2.15 bits per heavy atom. The summed E-state index contributed by atoms with van der Waals surface area (Å²) in [6, 6.07) is 17.4. The van der Waals surface area contributed by atoms with E-state index in [1.165, 1.54) is 6.92 Å². The summed E-state index contributed by atoms with van der Waals surface area (Å²) in [5, 5.41) is 9.20. The fourth-order valence-corrected chi connectivity index (χ4v) is 2.51. The smallest absolute Gasteiger partial charge is 0.251 e. The van der Waals surface area contributed by atoms with Gasteiger partial charge in [-0.25, -0.2) is 0 Å². The monoisotopic (exact) mass is 353 g/mol. The number of nitrogens with one attached hydrogen (secondary N) is 3. The summed E-state index contributed by atoms with van der Waals surface area (Å²) in [6.07, 6.45) is 0. The van der Waals surface area contributed by atoms with Gasteiger partial charge in [-0.15, -0.1) is 0 Å². The number of hydrogen-bond donors (Lipinski definition) is 3. The van der Waals surface area contributed by atoms with Gasteiger partial charge in [0.1, 0.15) is 0 Å². The zero-order valence-electron chi connectivity index (χ0n) is 15.6. The van der Waals surface area contributed by atoms with Crippen LogP contribution in [0.3, 0.4) is 0 Å². The molecule has 0 saturated carbocycles. The fourth-order valence-electron chi connectivity index (χ4n) is 2.51. The molecule has 0 aromatic heterocycles. The quantitative estimate of drug-likeness (QED) is 0.683. The molecule has 2 rings (SSSR count). The molecular formula is C21H27N3O2. The van der Waals surface area contributed by atoms with Crippen LogP contribution in [0.4, 0.5) is 5.69 Å². The van der Waals surface area contributed by atoms with Crippen LogP contribution >= 0.6 is 0 Å². The van der Waals surface area contributed by atoms with Gasteiger partial charge in [0, 0.05) is 37.3 Å². The Kier molecular flexibility index (Phi) is 7.21. The lowest BCUT2D eigenvalue weighted by Gasteiger charge is -2.24.